The van der Waals surface area contributed by atoms with Crippen LogP contribution in [0.5, 0.6) is 17.2 Å². The molecule has 1 amide bonds. The molecule has 0 aliphatic rings. The molecule has 0 saturated carbocycles. The summed E-state index contributed by atoms with van der Waals surface area (Å²) in [5, 5.41) is 10.7. The Bertz CT molecular complexity index is 1400. The van der Waals surface area contributed by atoms with Crippen molar-refractivity contribution in [2.24, 2.45) is 0 Å². The first-order valence-corrected chi connectivity index (χ1v) is 14.1. The number of ether oxygens (including phenoxy) is 3. The molecule has 0 spiro atoms. The van der Waals surface area contributed by atoms with Crippen LogP contribution < -0.4 is 14.4 Å². The number of halogens is 5. The molecule has 0 N–H and O–H groups in total. The predicted molar refractivity (Wildman–Crippen MR) is 161 cm³/mol. The molecule has 0 radical (unpaired) electrons. The van der Waals surface area contributed by atoms with Gasteiger partial charge in [-0.05, 0) is 62.6 Å². The minimum absolute atomic E-state index is 0.0111. The molecule has 0 heterocycles. The lowest BCUT2D eigenvalue weighted by Gasteiger charge is -2.31. The third kappa shape index (κ3) is 9.74. The molecule has 1 unspecified atom stereocenters. The first-order valence-electron chi connectivity index (χ1n) is 13.2. The zero-order valence-corrected chi connectivity index (χ0v) is 25.8. The maximum atomic E-state index is 12.6. The summed E-state index contributed by atoms with van der Waals surface area (Å²) in [5.74, 6) is 0.0101. The van der Waals surface area contributed by atoms with E-state index in [9.17, 15) is 28.1 Å². The van der Waals surface area contributed by atoms with E-state index >= 15 is 0 Å². The van der Waals surface area contributed by atoms with Crippen molar-refractivity contribution in [1.82, 2.24) is 0 Å². The first kappa shape index (κ1) is 35.7. The Balaban J connectivity index is 0.000000309. The lowest BCUT2D eigenvalue weighted by atomic mass is 10.0. The van der Waals surface area contributed by atoms with Gasteiger partial charge < -0.3 is 19.1 Å². The first-order chi connectivity index (χ1) is 20.3. The molecule has 0 aromatic heterocycles. The number of aryl methyl sites for hydroxylation is 2. The normalized spacial score (nSPS) is 11.7. The molecule has 0 aliphatic carbocycles. The second-order valence-electron chi connectivity index (χ2n) is 9.20. The number of amides is 1. The maximum Gasteiger partial charge on any atom is 0.416 e. The number of carbonyl (C=O) groups is 1. The topological polar surface area (TPSA) is 91.1 Å². The van der Waals surface area contributed by atoms with E-state index in [0.29, 0.717) is 6.61 Å². The van der Waals surface area contributed by atoms with Crippen LogP contribution in [0.15, 0.2) is 54.6 Å². The Kier molecular flexibility index (Phi) is 13.6. The summed E-state index contributed by atoms with van der Waals surface area (Å²) in [6.07, 6.45) is -3.64. The maximum absolute atomic E-state index is 12.6. The molecule has 8 nitrogen and oxygen atoms in total. The fraction of sp³-hybridized carbons (Fsp3) is 0.367. The molecule has 0 aliphatic heterocycles. The van der Waals surface area contributed by atoms with E-state index in [0.717, 1.165) is 41.4 Å². The lowest BCUT2D eigenvalue weighted by molar-refractivity contribution is -0.385. The number of rotatable bonds is 11. The summed E-state index contributed by atoms with van der Waals surface area (Å²) in [4.78, 5) is 24.3. The molecule has 0 bridgehead atoms. The van der Waals surface area contributed by atoms with Gasteiger partial charge in [-0.15, -0.1) is 11.6 Å². The highest BCUT2D eigenvalue weighted by Gasteiger charge is 2.31. The third-order valence-corrected chi connectivity index (χ3v) is 6.61. The summed E-state index contributed by atoms with van der Waals surface area (Å²) >= 11 is 11.6. The summed E-state index contributed by atoms with van der Waals surface area (Å²) in [7, 11) is 1.64. The number of para-hydroxylation sites is 1. The monoisotopic (exact) mass is 644 g/mol. The molecular formula is C30H33Cl2F3N2O6. The Hall–Kier alpha value is -3.54. The van der Waals surface area contributed by atoms with Crippen LogP contribution >= 0.6 is 23.2 Å². The summed E-state index contributed by atoms with van der Waals surface area (Å²) in [5.41, 5.74) is 2.06. The zero-order chi connectivity index (χ0) is 32.3. The fourth-order valence-electron chi connectivity index (χ4n) is 4.19. The summed E-state index contributed by atoms with van der Waals surface area (Å²) < 4.78 is 53.6. The van der Waals surface area contributed by atoms with E-state index in [1.54, 1.807) is 18.9 Å². The van der Waals surface area contributed by atoms with Crippen molar-refractivity contribution in [2.45, 2.75) is 46.3 Å². The molecule has 13 heteroatoms. The zero-order valence-electron chi connectivity index (χ0n) is 24.3. The second-order valence-corrected chi connectivity index (χ2v) is 9.88. The van der Waals surface area contributed by atoms with Crippen molar-refractivity contribution in [3.8, 4) is 17.2 Å². The number of benzene rings is 3. The smallest absolute Gasteiger partial charge is 0.416 e. The van der Waals surface area contributed by atoms with Gasteiger partial charge in [-0.25, -0.2) is 0 Å². The van der Waals surface area contributed by atoms with Gasteiger partial charge in [0.25, 0.3) is 0 Å². The predicted octanol–water partition coefficient (Wildman–Crippen LogP) is 8.62. The van der Waals surface area contributed by atoms with E-state index < -0.39 is 16.7 Å². The molecule has 0 fully saturated rings. The van der Waals surface area contributed by atoms with Crippen LogP contribution in [0.25, 0.3) is 0 Å². The highest BCUT2D eigenvalue weighted by atomic mass is 35.5. The van der Waals surface area contributed by atoms with Gasteiger partial charge in [0.1, 0.15) is 17.4 Å². The van der Waals surface area contributed by atoms with Gasteiger partial charge >= 0.3 is 11.9 Å². The van der Waals surface area contributed by atoms with Crippen molar-refractivity contribution in [3.63, 3.8) is 0 Å². The minimum Gasteiger partial charge on any atom is -0.487 e. The van der Waals surface area contributed by atoms with E-state index in [-0.39, 0.29) is 52.4 Å². The molecule has 3 rings (SSSR count). The average Bonchev–Trinajstić information content (AvgIpc) is 2.95. The van der Waals surface area contributed by atoms with Crippen LogP contribution in [0, 0.1) is 17.0 Å². The fourth-order valence-corrected chi connectivity index (χ4v) is 4.54. The molecule has 3 aromatic rings. The average molecular weight is 646 g/mol. The number of nitro benzene ring substituents is 1. The number of nitro groups is 1. The number of alkyl halides is 4. The Labute approximate surface area is 258 Å². The minimum atomic E-state index is -4.52. The van der Waals surface area contributed by atoms with Crippen LogP contribution in [0.3, 0.4) is 0 Å². The van der Waals surface area contributed by atoms with Crippen molar-refractivity contribution >= 4 is 40.5 Å². The SMILES string of the molecule is CCOc1cc(Oc2ccc(C(F)(F)F)cc2Cl)ccc1[N+](=O)[O-].CCc1cccc(C)c1N(C(=O)CCl)C(C)COC. The third-order valence-electron chi connectivity index (χ3n) is 6.09. The van der Waals surface area contributed by atoms with Gasteiger partial charge in [0.2, 0.25) is 11.7 Å². The quantitative estimate of drug-likeness (QED) is 0.118. The van der Waals surface area contributed by atoms with E-state index in [1.165, 1.54) is 18.2 Å². The highest BCUT2D eigenvalue weighted by Crippen LogP contribution is 2.38. The molecule has 1 atom stereocenters. The number of anilines is 1. The Morgan fingerprint density at radius 2 is 1.79 bits per heavy atom. The van der Waals surface area contributed by atoms with Crippen molar-refractivity contribution < 1.29 is 37.1 Å². The van der Waals surface area contributed by atoms with E-state index in [4.69, 9.17) is 37.4 Å². The van der Waals surface area contributed by atoms with E-state index in [2.05, 4.69) is 13.0 Å². The lowest BCUT2D eigenvalue weighted by Crippen LogP contribution is -2.43. The van der Waals surface area contributed by atoms with Crippen molar-refractivity contribution in [2.75, 3.05) is 31.1 Å². The second kappa shape index (κ2) is 16.3. The highest BCUT2D eigenvalue weighted by molar-refractivity contribution is 6.32. The van der Waals surface area contributed by atoms with Crippen LogP contribution in [0.4, 0.5) is 24.5 Å². The van der Waals surface area contributed by atoms with Crippen LogP contribution in [0.1, 0.15) is 37.5 Å². The largest absolute Gasteiger partial charge is 0.487 e. The van der Waals surface area contributed by atoms with Gasteiger partial charge in [-0.3, -0.25) is 14.9 Å². The van der Waals surface area contributed by atoms with Gasteiger partial charge in [0.15, 0.2) is 0 Å². The standard InChI is InChI=1S/C15H11ClF3NO4.C15H22ClNO2/c1-2-23-14-8-10(4-5-12(14)20(21)22)24-13-6-3-9(7-11(13)16)15(17,18)19;1-5-13-8-6-7-11(2)15(13)17(14(18)9-16)12(3)10-19-4/h3-8H,2H2,1H3;6-8,12H,5,9-10H2,1-4H3. The van der Waals surface area contributed by atoms with Gasteiger partial charge in [-0.2, -0.15) is 13.2 Å². The van der Waals surface area contributed by atoms with Gasteiger partial charge in [0, 0.05) is 19.2 Å². The summed E-state index contributed by atoms with van der Waals surface area (Å²) in [6.45, 7) is 8.42. The molecule has 234 valence electrons. The van der Waals surface area contributed by atoms with Crippen molar-refractivity contribution in [3.05, 3.63) is 86.4 Å². The Morgan fingerprint density at radius 1 is 1.09 bits per heavy atom. The van der Waals surface area contributed by atoms with Crippen LogP contribution in [-0.2, 0) is 22.1 Å². The van der Waals surface area contributed by atoms with Crippen LogP contribution in [-0.4, -0.2) is 43.1 Å². The van der Waals surface area contributed by atoms with Gasteiger partial charge in [-0.1, -0.05) is 36.7 Å². The number of nitrogens with zero attached hydrogens (tertiary/aromatic N) is 2. The number of methoxy groups -OCH3 is 1. The Morgan fingerprint density at radius 3 is 2.33 bits per heavy atom. The number of hydrogen-bond donors (Lipinski definition) is 0. The van der Waals surface area contributed by atoms with Gasteiger partial charge in [0.05, 0.1) is 40.5 Å². The number of hydrogen-bond acceptors (Lipinski definition) is 6. The number of carbonyl (C=O) groups excluding carboxylic acids is 1. The summed E-state index contributed by atoms with van der Waals surface area (Å²) in [6, 6.07) is 12.4. The molecular weight excluding hydrogens is 612 g/mol. The van der Waals surface area contributed by atoms with Crippen molar-refractivity contribution in [1.29, 1.82) is 0 Å². The molecule has 0 saturated heterocycles. The molecule has 43 heavy (non-hydrogen) atoms. The van der Waals surface area contributed by atoms with E-state index in [1.807, 2.05) is 26.0 Å². The van der Waals surface area contributed by atoms with Crippen LogP contribution in [0.2, 0.25) is 5.02 Å². The molecule has 3 aromatic carbocycles.